The van der Waals surface area contributed by atoms with Crippen LogP contribution in [-0.4, -0.2) is 36.7 Å². The third-order valence-electron chi connectivity index (χ3n) is 10.9. The van der Waals surface area contributed by atoms with Gasteiger partial charge in [0.1, 0.15) is 0 Å². The average molecular weight is 951 g/mol. The molecule has 7 rings (SSSR count). The number of ether oxygens (including phenoxy) is 2. The molecule has 6 aromatic heterocycles. The number of hydrogen-bond acceptors (Lipinski definition) is 12. The van der Waals surface area contributed by atoms with Crippen LogP contribution in [0.15, 0.2) is 67.7 Å². The molecule has 2 unspecified atom stereocenters. The molecule has 0 amide bonds. The van der Waals surface area contributed by atoms with Crippen LogP contribution in [0.5, 0.6) is 0 Å². The predicted molar refractivity (Wildman–Crippen MR) is 270 cm³/mol. The molecule has 7 aromatic rings. The SMILES string of the molecule is CCCCC(CC)CSc1ccc(-c2c3cc(-c4sccc4C(=O)OCC)sc3c(-c3ccc(SCC(CC)CCCC)s3)c3cc(-c4sccc4C(=O)OCC)sc23)s1. The minimum Gasteiger partial charge on any atom is -0.462 e. The van der Waals surface area contributed by atoms with Gasteiger partial charge in [-0.15, -0.1) is 91.5 Å². The minimum atomic E-state index is -0.279. The van der Waals surface area contributed by atoms with E-state index in [9.17, 15) is 9.59 Å². The average Bonchev–Trinajstić information content (AvgIpc) is 4.11. The monoisotopic (exact) mass is 950 g/mol. The number of esters is 2. The third kappa shape index (κ3) is 10.2. The number of rotatable bonds is 22. The van der Waals surface area contributed by atoms with Crippen molar-refractivity contribution in [3.8, 4) is 40.4 Å². The first-order valence-corrected chi connectivity index (χ1v) is 28.3. The number of fused-ring (bicyclic) bond motifs is 2. The molecule has 4 nitrogen and oxygen atoms in total. The fraction of sp³-hybridized carbons (Fsp3) is 0.417. The Balaban J connectivity index is 1.43. The Morgan fingerprint density at radius 3 is 1.38 bits per heavy atom. The Bertz CT molecular complexity index is 2280. The quantitative estimate of drug-likeness (QED) is 0.0498. The van der Waals surface area contributed by atoms with Crippen molar-refractivity contribution in [2.24, 2.45) is 11.8 Å². The van der Waals surface area contributed by atoms with Crippen molar-refractivity contribution in [1.82, 2.24) is 0 Å². The molecule has 2 atom stereocenters. The van der Waals surface area contributed by atoms with E-state index in [-0.39, 0.29) is 11.9 Å². The fourth-order valence-electron chi connectivity index (χ4n) is 7.48. The molecule has 0 saturated carbocycles. The van der Waals surface area contributed by atoms with Crippen molar-refractivity contribution in [2.75, 3.05) is 24.7 Å². The molecular weight excluding hydrogens is 897 g/mol. The standard InChI is InChI=1S/C48H54O4S8/c1-7-13-15-29(9-3)27-55-39-19-17-35(57-39)41-33-25-37(43-31(21-23-53-43)47(49)51-11-5)60-46(33)42(36-18-20-40(58-36)56-28-30(10-4)16-14-8-2)34-26-38(59-45(34)41)44-32(22-24-54-44)48(50)52-12-6/h17-26,29-30H,7-16,27-28H2,1-6H3. The van der Waals surface area contributed by atoms with Crippen LogP contribution in [-0.2, 0) is 9.47 Å². The molecule has 0 fully saturated rings. The van der Waals surface area contributed by atoms with E-state index in [2.05, 4.69) is 64.1 Å². The second kappa shape index (κ2) is 21.8. The van der Waals surface area contributed by atoms with Crippen LogP contribution < -0.4 is 0 Å². The lowest BCUT2D eigenvalue weighted by Gasteiger charge is -2.13. The molecule has 0 radical (unpaired) electrons. The molecule has 0 N–H and O–H groups in total. The minimum absolute atomic E-state index is 0.279. The summed E-state index contributed by atoms with van der Waals surface area (Å²) in [6, 6.07) is 17.7. The number of thioether (sulfide) groups is 2. The Kier molecular flexibility index (Phi) is 16.6. The van der Waals surface area contributed by atoms with E-state index in [0.29, 0.717) is 36.2 Å². The van der Waals surface area contributed by atoms with Crippen molar-refractivity contribution in [3.05, 3.63) is 70.4 Å². The molecular formula is C48H54O4S8. The summed E-state index contributed by atoms with van der Waals surface area (Å²) in [6.45, 7) is 13.6. The topological polar surface area (TPSA) is 52.6 Å². The third-order valence-corrected chi connectivity index (χ3v) is 20.5. The van der Waals surface area contributed by atoms with Crippen LogP contribution in [0.2, 0.25) is 0 Å². The first kappa shape index (κ1) is 45.6. The zero-order valence-electron chi connectivity index (χ0n) is 35.3. The van der Waals surface area contributed by atoms with Gasteiger partial charge >= 0.3 is 11.9 Å². The first-order chi connectivity index (χ1) is 29.3. The Labute approximate surface area is 388 Å². The Hall–Kier alpha value is -2.42. The normalized spacial score (nSPS) is 12.8. The highest BCUT2D eigenvalue weighted by molar-refractivity contribution is 8.01. The molecule has 0 bridgehead atoms. The van der Waals surface area contributed by atoms with Crippen LogP contribution in [0, 0.1) is 11.8 Å². The molecule has 6 heterocycles. The molecule has 0 aliphatic rings. The zero-order valence-corrected chi connectivity index (χ0v) is 41.8. The Morgan fingerprint density at radius 2 is 1.00 bits per heavy atom. The smallest absolute Gasteiger partial charge is 0.339 e. The lowest BCUT2D eigenvalue weighted by molar-refractivity contribution is 0.0518. The van der Waals surface area contributed by atoms with Gasteiger partial charge in [0.15, 0.2) is 0 Å². The number of thiophene rings is 6. The van der Waals surface area contributed by atoms with Gasteiger partial charge in [0.05, 0.1) is 42.5 Å². The van der Waals surface area contributed by atoms with E-state index in [0.717, 1.165) is 31.0 Å². The first-order valence-electron chi connectivity index (χ1n) is 21.3. The number of carbonyl (C=O) groups is 2. The summed E-state index contributed by atoms with van der Waals surface area (Å²) >= 11 is 14.5. The highest BCUT2D eigenvalue weighted by Crippen LogP contribution is 2.56. The van der Waals surface area contributed by atoms with Gasteiger partial charge in [0.2, 0.25) is 0 Å². The predicted octanol–water partition coefficient (Wildman–Crippen LogP) is 18.0. The number of hydrogen-bond donors (Lipinski definition) is 0. The van der Waals surface area contributed by atoms with Crippen LogP contribution in [0.25, 0.3) is 60.6 Å². The summed E-state index contributed by atoms with van der Waals surface area (Å²) in [6.07, 6.45) is 10.0. The van der Waals surface area contributed by atoms with Crippen LogP contribution >= 0.6 is 91.5 Å². The number of benzene rings is 1. The van der Waals surface area contributed by atoms with E-state index in [1.807, 2.05) is 82.9 Å². The maximum Gasteiger partial charge on any atom is 0.339 e. The highest BCUT2D eigenvalue weighted by atomic mass is 32.2. The van der Waals surface area contributed by atoms with Crippen molar-refractivity contribution in [2.45, 2.75) is 101 Å². The Morgan fingerprint density at radius 1 is 0.567 bits per heavy atom. The largest absolute Gasteiger partial charge is 0.462 e. The zero-order chi connectivity index (χ0) is 42.2. The van der Waals surface area contributed by atoms with Gasteiger partial charge in [0.25, 0.3) is 0 Å². The molecule has 12 heteroatoms. The van der Waals surface area contributed by atoms with Gasteiger partial charge < -0.3 is 9.47 Å². The van der Waals surface area contributed by atoms with E-state index in [4.69, 9.17) is 9.47 Å². The van der Waals surface area contributed by atoms with Crippen LogP contribution in [0.3, 0.4) is 0 Å². The second-order valence-electron chi connectivity index (χ2n) is 14.9. The maximum absolute atomic E-state index is 13.2. The van der Waals surface area contributed by atoms with Crippen molar-refractivity contribution in [1.29, 1.82) is 0 Å². The van der Waals surface area contributed by atoms with Gasteiger partial charge in [0, 0.05) is 62.3 Å². The van der Waals surface area contributed by atoms with Crippen molar-refractivity contribution >= 4 is 124 Å². The van der Waals surface area contributed by atoms with E-state index < -0.39 is 0 Å². The molecule has 318 valence electrons. The highest BCUT2D eigenvalue weighted by Gasteiger charge is 2.27. The summed E-state index contributed by atoms with van der Waals surface area (Å²) in [7, 11) is 0. The number of unbranched alkanes of at least 4 members (excludes halogenated alkanes) is 2. The second-order valence-corrected chi connectivity index (χ2v) is 23.7. The van der Waals surface area contributed by atoms with Crippen molar-refractivity contribution < 1.29 is 19.1 Å². The van der Waals surface area contributed by atoms with Crippen LogP contribution in [0.4, 0.5) is 0 Å². The molecule has 1 aromatic carbocycles. The molecule has 0 aliphatic carbocycles. The summed E-state index contributed by atoms with van der Waals surface area (Å²) < 4.78 is 16.2. The molecule has 60 heavy (non-hydrogen) atoms. The van der Waals surface area contributed by atoms with Crippen molar-refractivity contribution in [3.63, 3.8) is 0 Å². The van der Waals surface area contributed by atoms with E-state index in [1.165, 1.54) is 101 Å². The summed E-state index contributed by atoms with van der Waals surface area (Å²) in [5.74, 6) is 3.14. The molecule has 0 saturated heterocycles. The molecule has 0 aliphatic heterocycles. The number of carbonyl (C=O) groups excluding carboxylic acids is 2. The van der Waals surface area contributed by atoms with Gasteiger partial charge in [-0.05, 0) is 97.8 Å². The van der Waals surface area contributed by atoms with Gasteiger partial charge in [-0.25, -0.2) is 9.59 Å². The lowest BCUT2D eigenvalue weighted by atomic mass is 9.99. The molecule has 0 spiro atoms. The fourth-order valence-corrected chi connectivity index (χ4v) is 17.1. The summed E-state index contributed by atoms with van der Waals surface area (Å²) in [4.78, 5) is 33.0. The van der Waals surface area contributed by atoms with Gasteiger partial charge in [-0.2, -0.15) is 0 Å². The lowest BCUT2D eigenvalue weighted by Crippen LogP contribution is -2.03. The van der Waals surface area contributed by atoms with Gasteiger partial charge in [-0.3, -0.25) is 0 Å². The summed E-state index contributed by atoms with van der Waals surface area (Å²) in [5, 5.41) is 6.40. The van der Waals surface area contributed by atoms with E-state index >= 15 is 0 Å². The van der Waals surface area contributed by atoms with Crippen LogP contribution in [0.1, 0.15) is 114 Å². The summed E-state index contributed by atoms with van der Waals surface area (Å²) in [5.41, 5.74) is 3.70. The van der Waals surface area contributed by atoms with Gasteiger partial charge in [-0.1, -0.05) is 66.2 Å². The van der Waals surface area contributed by atoms with E-state index in [1.54, 1.807) is 45.3 Å². The maximum atomic E-state index is 13.2.